The van der Waals surface area contributed by atoms with E-state index in [1.165, 1.54) is 9.26 Å². The van der Waals surface area contributed by atoms with Gasteiger partial charge in [-0.15, -0.1) is 0 Å². The Labute approximate surface area is 110 Å². The number of benzene rings is 1. The van der Waals surface area contributed by atoms with Crippen LogP contribution >= 0.6 is 34.2 Å². The molecule has 4 heteroatoms. The Bertz CT molecular complexity index is 315. The van der Waals surface area contributed by atoms with Crippen LogP contribution in [0.25, 0.3) is 0 Å². The van der Waals surface area contributed by atoms with Gasteiger partial charge in [-0.05, 0) is 67.9 Å². The molecule has 0 aromatic heterocycles. The summed E-state index contributed by atoms with van der Waals surface area (Å²) in [6.45, 7) is 2.10. The summed E-state index contributed by atoms with van der Waals surface area (Å²) in [5.41, 5.74) is 1.17. The summed E-state index contributed by atoms with van der Waals surface area (Å²) in [5.74, 6) is 0. The van der Waals surface area contributed by atoms with Crippen molar-refractivity contribution in [3.63, 3.8) is 0 Å². The highest BCUT2D eigenvalue weighted by Gasteiger charge is 1.99. The third-order valence-electron chi connectivity index (χ3n) is 2.03. The van der Waals surface area contributed by atoms with Gasteiger partial charge >= 0.3 is 0 Å². The molecule has 1 aromatic carbocycles. The molecule has 0 unspecified atom stereocenters. The van der Waals surface area contributed by atoms with E-state index in [0.717, 1.165) is 24.5 Å². The standard InChI is InChI=1S/C11H16ClIN2/c1-15(2)7-3-6-14-11-5-4-9(12)8-10(11)13/h4-5,8,14H,3,6-7H2,1-2H3. The van der Waals surface area contributed by atoms with Gasteiger partial charge in [0.05, 0.1) is 0 Å². The summed E-state index contributed by atoms with van der Waals surface area (Å²) in [5, 5.41) is 4.19. The van der Waals surface area contributed by atoms with Gasteiger partial charge in [0.1, 0.15) is 0 Å². The van der Waals surface area contributed by atoms with E-state index < -0.39 is 0 Å². The van der Waals surface area contributed by atoms with Crippen LogP contribution in [0.1, 0.15) is 6.42 Å². The highest BCUT2D eigenvalue weighted by atomic mass is 127. The third kappa shape index (κ3) is 5.04. The molecule has 0 aliphatic rings. The number of nitrogens with zero attached hydrogens (tertiary/aromatic N) is 1. The average Bonchev–Trinajstić information content (AvgIpc) is 2.14. The Morgan fingerprint density at radius 2 is 2.13 bits per heavy atom. The van der Waals surface area contributed by atoms with Crippen molar-refractivity contribution in [3.8, 4) is 0 Å². The normalized spacial score (nSPS) is 10.7. The van der Waals surface area contributed by atoms with Gasteiger partial charge in [0, 0.05) is 20.8 Å². The summed E-state index contributed by atoms with van der Waals surface area (Å²) < 4.78 is 1.17. The molecule has 15 heavy (non-hydrogen) atoms. The minimum Gasteiger partial charge on any atom is -0.384 e. The molecule has 0 bridgehead atoms. The van der Waals surface area contributed by atoms with Crippen molar-refractivity contribution in [1.29, 1.82) is 0 Å². The van der Waals surface area contributed by atoms with Crippen LogP contribution in [0.3, 0.4) is 0 Å². The average molecular weight is 339 g/mol. The summed E-state index contributed by atoms with van der Waals surface area (Å²) >= 11 is 8.17. The third-order valence-corrected chi connectivity index (χ3v) is 3.16. The Hall–Kier alpha value is -0.000000000000000111. The molecule has 0 aliphatic carbocycles. The van der Waals surface area contributed by atoms with Crippen molar-refractivity contribution < 1.29 is 0 Å². The lowest BCUT2D eigenvalue weighted by Crippen LogP contribution is -2.16. The number of hydrogen-bond donors (Lipinski definition) is 1. The van der Waals surface area contributed by atoms with Crippen molar-refractivity contribution in [1.82, 2.24) is 4.90 Å². The topological polar surface area (TPSA) is 15.3 Å². The Balaban J connectivity index is 2.37. The van der Waals surface area contributed by atoms with Crippen molar-refractivity contribution in [2.24, 2.45) is 0 Å². The van der Waals surface area contributed by atoms with E-state index >= 15 is 0 Å². The lowest BCUT2D eigenvalue weighted by molar-refractivity contribution is 0.405. The first-order valence-corrected chi connectivity index (χ1v) is 6.39. The monoisotopic (exact) mass is 338 g/mol. The van der Waals surface area contributed by atoms with E-state index in [1.54, 1.807) is 0 Å². The molecule has 0 saturated carbocycles. The van der Waals surface area contributed by atoms with Gasteiger partial charge in [-0.2, -0.15) is 0 Å². The minimum atomic E-state index is 0.790. The van der Waals surface area contributed by atoms with Crippen LogP contribution in [0.15, 0.2) is 18.2 Å². The molecule has 1 N–H and O–H groups in total. The molecule has 0 spiro atoms. The number of hydrogen-bond acceptors (Lipinski definition) is 2. The molecule has 0 fully saturated rings. The lowest BCUT2D eigenvalue weighted by atomic mass is 10.3. The van der Waals surface area contributed by atoms with E-state index in [2.05, 4.69) is 46.9 Å². The molecular formula is C11H16ClIN2. The zero-order valence-corrected chi connectivity index (χ0v) is 12.0. The lowest BCUT2D eigenvalue weighted by Gasteiger charge is -2.11. The first kappa shape index (κ1) is 13.1. The van der Waals surface area contributed by atoms with Crippen LogP contribution < -0.4 is 5.32 Å². The van der Waals surface area contributed by atoms with Gasteiger partial charge < -0.3 is 10.2 Å². The maximum absolute atomic E-state index is 5.88. The first-order valence-electron chi connectivity index (χ1n) is 4.93. The van der Waals surface area contributed by atoms with Crippen molar-refractivity contribution in [2.75, 3.05) is 32.5 Å². The number of halogens is 2. The molecule has 84 valence electrons. The van der Waals surface area contributed by atoms with Gasteiger partial charge in [0.2, 0.25) is 0 Å². The Kier molecular flexibility index (Phi) is 5.71. The van der Waals surface area contributed by atoms with Gasteiger partial charge in [-0.3, -0.25) is 0 Å². The van der Waals surface area contributed by atoms with E-state index in [4.69, 9.17) is 11.6 Å². The zero-order chi connectivity index (χ0) is 11.3. The summed E-state index contributed by atoms with van der Waals surface area (Å²) in [6, 6.07) is 5.91. The predicted octanol–water partition coefficient (Wildman–Crippen LogP) is 3.31. The zero-order valence-electron chi connectivity index (χ0n) is 9.06. The van der Waals surface area contributed by atoms with Gasteiger partial charge in [-0.1, -0.05) is 11.6 Å². The fraction of sp³-hybridized carbons (Fsp3) is 0.455. The van der Waals surface area contributed by atoms with E-state index in [0.29, 0.717) is 0 Å². The molecule has 1 rings (SSSR count). The second kappa shape index (κ2) is 6.55. The smallest absolute Gasteiger partial charge is 0.0476 e. The highest BCUT2D eigenvalue weighted by Crippen LogP contribution is 2.22. The summed E-state index contributed by atoms with van der Waals surface area (Å²) in [7, 11) is 4.18. The molecule has 0 aliphatic heterocycles. The fourth-order valence-corrected chi connectivity index (χ4v) is 2.31. The van der Waals surface area contributed by atoms with Crippen LogP contribution in [-0.4, -0.2) is 32.1 Å². The molecule has 2 nitrogen and oxygen atoms in total. The number of rotatable bonds is 5. The second-order valence-corrected chi connectivity index (χ2v) is 5.31. The van der Waals surface area contributed by atoms with Crippen molar-refractivity contribution in [2.45, 2.75) is 6.42 Å². The van der Waals surface area contributed by atoms with Gasteiger partial charge in [-0.25, -0.2) is 0 Å². The fourth-order valence-electron chi connectivity index (χ4n) is 1.25. The Morgan fingerprint density at radius 1 is 1.40 bits per heavy atom. The van der Waals surface area contributed by atoms with E-state index in [-0.39, 0.29) is 0 Å². The highest BCUT2D eigenvalue weighted by molar-refractivity contribution is 14.1. The molecule has 0 amide bonds. The molecule has 0 radical (unpaired) electrons. The molecule has 0 saturated heterocycles. The van der Waals surface area contributed by atoms with Gasteiger partial charge in [0.25, 0.3) is 0 Å². The van der Waals surface area contributed by atoms with Crippen LogP contribution in [0.5, 0.6) is 0 Å². The van der Waals surface area contributed by atoms with Crippen molar-refractivity contribution in [3.05, 3.63) is 26.8 Å². The molecular weight excluding hydrogens is 322 g/mol. The quantitative estimate of drug-likeness (QED) is 0.654. The van der Waals surface area contributed by atoms with Crippen molar-refractivity contribution >= 4 is 39.9 Å². The second-order valence-electron chi connectivity index (χ2n) is 3.71. The summed E-state index contributed by atoms with van der Waals surface area (Å²) in [4.78, 5) is 2.19. The maximum Gasteiger partial charge on any atom is 0.0476 e. The van der Waals surface area contributed by atoms with E-state index in [1.807, 2.05) is 18.2 Å². The summed E-state index contributed by atoms with van der Waals surface area (Å²) in [6.07, 6.45) is 1.14. The van der Waals surface area contributed by atoms with E-state index in [9.17, 15) is 0 Å². The van der Waals surface area contributed by atoms with Crippen LogP contribution in [0.2, 0.25) is 5.02 Å². The first-order chi connectivity index (χ1) is 7.09. The molecule has 1 aromatic rings. The van der Waals surface area contributed by atoms with Crippen LogP contribution in [-0.2, 0) is 0 Å². The molecule has 0 atom stereocenters. The van der Waals surface area contributed by atoms with Gasteiger partial charge in [0.15, 0.2) is 0 Å². The van der Waals surface area contributed by atoms with Crippen LogP contribution in [0, 0.1) is 3.57 Å². The Morgan fingerprint density at radius 3 is 2.73 bits per heavy atom. The largest absolute Gasteiger partial charge is 0.384 e. The SMILES string of the molecule is CN(C)CCCNc1ccc(Cl)cc1I. The van der Waals surface area contributed by atoms with Crippen LogP contribution in [0.4, 0.5) is 5.69 Å². The molecule has 0 heterocycles. The maximum atomic E-state index is 5.88. The predicted molar refractivity (Wildman–Crippen MR) is 75.8 cm³/mol. The number of nitrogens with one attached hydrogen (secondary N) is 1. The minimum absolute atomic E-state index is 0.790. The number of anilines is 1.